The molecule has 0 bridgehead atoms. The predicted octanol–water partition coefficient (Wildman–Crippen LogP) is 3.42. The first kappa shape index (κ1) is 18.2. The van der Waals surface area contributed by atoms with Gasteiger partial charge in [0, 0.05) is 12.5 Å². The third-order valence-corrected chi connectivity index (χ3v) is 4.83. The number of rotatable bonds is 6. The van der Waals surface area contributed by atoms with E-state index in [9.17, 15) is 4.79 Å². The number of amides is 1. The lowest BCUT2D eigenvalue weighted by atomic mass is 9.97. The zero-order valence-corrected chi connectivity index (χ0v) is 15.5. The summed E-state index contributed by atoms with van der Waals surface area (Å²) < 4.78 is 5.92. The Hall–Kier alpha value is -3.19. The summed E-state index contributed by atoms with van der Waals surface area (Å²) in [6.07, 6.45) is 3.62. The highest BCUT2D eigenvalue weighted by atomic mass is 16.5. The second kappa shape index (κ2) is 8.67. The van der Waals surface area contributed by atoms with Gasteiger partial charge in [-0.15, -0.1) is 0 Å². The summed E-state index contributed by atoms with van der Waals surface area (Å²) in [5.74, 6) is 2.49. The summed E-state index contributed by atoms with van der Waals surface area (Å²) in [5.41, 5.74) is 0.667. The van der Waals surface area contributed by atoms with Crippen LogP contribution in [0.15, 0.2) is 60.9 Å². The number of hydrogen-bond acceptors (Lipinski definition) is 5. The maximum atomic E-state index is 12.6. The Morgan fingerprint density at radius 1 is 1.18 bits per heavy atom. The monoisotopic (exact) mass is 377 g/mol. The number of aromatic nitrogens is 3. The highest BCUT2D eigenvalue weighted by Gasteiger charge is 2.24. The van der Waals surface area contributed by atoms with Crippen molar-refractivity contribution in [1.29, 1.82) is 0 Å². The molecule has 0 aliphatic carbocycles. The Kier molecular flexibility index (Phi) is 5.63. The summed E-state index contributed by atoms with van der Waals surface area (Å²) in [4.78, 5) is 19.1. The zero-order valence-electron chi connectivity index (χ0n) is 15.5. The number of piperidine rings is 1. The van der Waals surface area contributed by atoms with Gasteiger partial charge in [0.1, 0.15) is 17.9 Å². The van der Waals surface area contributed by atoms with Gasteiger partial charge in [-0.2, -0.15) is 5.10 Å². The molecule has 7 heteroatoms. The second-order valence-electron chi connectivity index (χ2n) is 6.90. The normalized spacial score (nSPS) is 17.2. The van der Waals surface area contributed by atoms with Crippen LogP contribution in [0.2, 0.25) is 0 Å². The van der Waals surface area contributed by atoms with E-state index in [-0.39, 0.29) is 11.8 Å². The van der Waals surface area contributed by atoms with Crippen molar-refractivity contribution in [3.8, 4) is 11.5 Å². The topological polar surface area (TPSA) is 83.1 Å². The van der Waals surface area contributed by atoms with Crippen LogP contribution in [0.3, 0.4) is 0 Å². The first-order chi connectivity index (χ1) is 13.8. The molecule has 7 nitrogen and oxygen atoms in total. The van der Waals surface area contributed by atoms with Crippen LogP contribution in [0.25, 0.3) is 0 Å². The highest BCUT2D eigenvalue weighted by molar-refractivity contribution is 5.93. The van der Waals surface area contributed by atoms with Crippen LogP contribution < -0.4 is 10.1 Å². The van der Waals surface area contributed by atoms with Gasteiger partial charge in [0.2, 0.25) is 5.91 Å². The smallest absolute Gasteiger partial charge is 0.238 e. The molecule has 4 rings (SSSR count). The van der Waals surface area contributed by atoms with E-state index in [1.807, 2.05) is 54.6 Å². The van der Waals surface area contributed by atoms with E-state index in [4.69, 9.17) is 4.74 Å². The summed E-state index contributed by atoms with van der Waals surface area (Å²) >= 11 is 0. The number of carbonyl (C=O) groups excluding carboxylic acids is 1. The summed E-state index contributed by atoms with van der Waals surface area (Å²) in [6, 6.07) is 17.0. The average Bonchev–Trinajstić information content (AvgIpc) is 3.25. The standard InChI is InChI=1S/C21H23N5O2/c27-20(14-26-12-6-7-16(13-26)21-22-15-23-25-21)24-18-10-4-5-11-19(18)28-17-8-2-1-3-9-17/h1-5,8-11,15-16H,6-7,12-14H2,(H,24,27)(H,22,23,25). The quantitative estimate of drug-likeness (QED) is 0.688. The molecule has 1 aliphatic heterocycles. The molecule has 2 aromatic carbocycles. The number of likely N-dealkylation sites (tertiary alicyclic amines) is 1. The molecule has 144 valence electrons. The van der Waals surface area contributed by atoms with Crippen LogP contribution in [0.5, 0.6) is 11.5 Å². The number of carbonyl (C=O) groups is 1. The minimum Gasteiger partial charge on any atom is -0.455 e. The molecule has 1 saturated heterocycles. The van der Waals surface area contributed by atoms with Gasteiger partial charge in [-0.1, -0.05) is 30.3 Å². The van der Waals surface area contributed by atoms with Crippen molar-refractivity contribution in [3.63, 3.8) is 0 Å². The van der Waals surface area contributed by atoms with Crippen molar-refractivity contribution in [2.24, 2.45) is 0 Å². The molecular weight excluding hydrogens is 354 g/mol. The van der Waals surface area contributed by atoms with E-state index in [1.165, 1.54) is 6.33 Å². The van der Waals surface area contributed by atoms with Gasteiger partial charge < -0.3 is 10.1 Å². The molecule has 3 aromatic rings. The molecule has 2 heterocycles. The van der Waals surface area contributed by atoms with Crippen molar-refractivity contribution in [2.75, 3.05) is 25.0 Å². The molecule has 28 heavy (non-hydrogen) atoms. The van der Waals surface area contributed by atoms with Crippen molar-refractivity contribution in [3.05, 3.63) is 66.7 Å². The molecule has 0 spiro atoms. The predicted molar refractivity (Wildman–Crippen MR) is 106 cm³/mol. The number of benzene rings is 2. The summed E-state index contributed by atoms with van der Waals surface area (Å²) in [7, 11) is 0. The SMILES string of the molecule is O=C(CN1CCCC(c2ncn[nH]2)C1)Nc1ccccc1Oc1ccccc1. The van der Waals surface area contributed by atoms with Crippen molar-refractivity contribution >= 4 is 11.6 Å². The Bertz CT molecular complexity index is 898. The maximum absolute atomic E-state index is 12.6. The van der Waals surface area contributed by atoms with Crippen LogP contribution in [0.4, 0.5) is 5.69 Å². The molecule has 1 unspecified atom stereocenters. The summed E-state index contributed by atoms with van der Waals surface area (Å²) in [5, 5.41) is 9.87. The van der Waals surface area contributed by atoms with E-state index in [1.54, 1.807) is 0 Å². The first-order valence-corrected chi connectivity index (χ1v) is 9.47. The molecule has 1 amide bonds. The number of nitrogens with one attached hydrogen (secondary N) is 2. The van der Waals surface area contributed by atoms with E-state index in [0.29, 0.717) is 18.0 Å². The van der Waals surface area contributed by atoms with Gasteiger partial charge in [-0.3, -0.25) is 14.8 Å². The van der Waals surface area contributed by atoms with Crippen molar-refractivity contribution < 1.29 is 9.53 Å². The molecule has 0 radical (unpaired) electrons. The Labute approximate surface area is 163 Å². The number of anilines is 1. The summed E-state index contributed by atoms with van der Waals surface area (Å²) in [6.45, 7) is 2.04. The van der Waals surface area contributed by atoms with Gasteiger partial charge in [-0.25, -0.2) is 4.98 Å². The third kappa shape index (κ3) is 4.55. The number of ether oxygens (including phenoxy) is 1. The first-order valence-electron chi connectivity index (χ1n) is 9.47. The molecule has 0 saturated carbocycles. The Morgan fingerprint density at radius 2 is 2.00 bits per heavy atom. The molecule has 1 atom stereocenters. The van der Waals surface area contributed by atoms with Crippen LogP contribution >= 0.6 is 0 Å². The zero-order chi connectivity index (χ0) is 19.2. The fourth-order valence-electron chi connectivity index (χ4n) is 3.50. The minimum absolute atomic E-state index is 0.0534. The number of H-pyrrole nitrogens is 1. The van der Waals surface area contributed by atoms with Gasteiger partial charge in [0.05, 0.1) is 12.2 Å². The van der Waals surface area contributed by atoms with Crippen LogP contribution in [-0.4, -0.2) is 45.6 Å². The van der Waals surface area contributed by atoms with E-state index < -0.39 is 0 Å². The average molecular weight is 377 g/mol. The molecule has 1 aliphatic rings. The van der Waals surface area contributed by atoms with E-state index in [2.05, 4.69) is 25.4 Å². The van der Waals surface area contributed by atoms with Crippen LogP contribution in [-0.2, 0) is 4.79 Å². The highest BCUT2D eigenvalue weighted by Crippen LogP contribution is 2.29. The molecule has 1 fully saturated rings. The molecule has 1 aromatic heterocycles. The van der Waals surface area contributed by atoms with Crippen LogP contribution in [0.1, 0.15) is 24.6 Å². The maximum Gasteiger partial charge on any atom is 0.238 e. The number of aromatic amines is 1. The second-order valence-corrected chi connectivity index (χ2v) is 6.90. The lowest BCUT2D eigenvalue weighted by molar-refractivity contribution is -0.117. The Balaban J connectivity index is 1.37. The minimum atomic E-state index is -0.0534. The largest absolute Gasteiger partial charge is 0.455 e. The van der Waals surface area contributed by atoms with Gasteiger partial charge in [0.25, 0.3) is 0 Å². The van der Waals surface area contributed by atoms with Gasteiger partial charge >= 0.3 is 0 Å². The van der Waals surface area contributed by atoms with Crippen molar-refractivity contribution in [1.82, 2.24) is 20.1 Å². The number of hydrogen-bond donors (Lipinski definition) is 2. The van der Waals surface area contributed by atoms with E-state index in [0.717, 1.165) is 37.5 Å². The van der Waals surface area contributed by atoms with Gasteiger partial charge in [0.15, 0.2) is 5.75 Å². The third-order valence-electron chi connectivity index (χ3n) is 4.83. The van der Waals surface area contributed by atoms with Crippen molar-refractivity contribution in [2.45, 2.75) is 18.8 Å². The number of para-hydroxylation sites is 3. The van der Waals surface area contributed by atoms with Crippen LogP contribution in [0, 0.1) is 0 Å². The molecular formula is C21H23N5O2. The van der Waals surface area contributed by atoms with Gasteiger partial charge in [-0.05, 0) is 43.7 Å². The fourth-order valence-corrected chi connectivity index (χ4v) is 3.50. The number of nitrogens with zero attached hydrogens (tertiary/aromatic N) is 3. The lowest BCUT2D eigenvalue weighted by Gasteiger charge is -2.31. The van der Waals surface area contributed by atoms with E-state index >= 15 is 0 Å². The Morgan fingerprint density at radius 3 is 2.82 bits per heavy atom. The molecule has 2 N–H and O–H groups in total. The lowest BCUT2D eigenvalue weighted by Crippen LogP contribution is -2.40. The fraction of sp³-hybridized carbons (Fsp3) is 0.286.